The fourth-order valence-electron chi connectivity index (χ4n) is 2.46. The summed E-state index contributed by atoms with van der Waals surface area (Å²) in [6, 6.07) is 6.63. The molecule has 0 fully saturated rings. The first kappa shape index (κ1) is 17.5. The van der Waals surface area contributed by atoms with Gasteiger partial charge in [-0.05, 0) is 32.9 Å². The number of esters is 2. The maximum absolute atomic E-state index is 12.4. The highest BCUT2D eigenvalue weighted by atomic mass is 16.7. The van der Waals surface area contributed by atoms with Gasteiger partial charge in [0.1, 0.15) is 6.26 Å². The van der Waals surface area contributed by atoms with E-state index in [1.807, 2.05) is 0 Å². The minimum absolute atomic E-state index is 0.108. The van der Waals surface area contributed by atoms with Crippen LogP contribution < -0.4 is 5.76 Å². The maximum Gasteiger partial charge on any atom is 0.424 e. The van der Waals surface area contributed by atoms with Crippen molar-refractivity contribution in [1.82, 2.24) is 4.57 Å². The molecule has 1 unspecified atom stereocenters. The predicted octanol–water partition coefficient (Wildman–Crippen LogP) is 2.19. The van der Waals surface area contributed by atoms with Crippen LogP contribution in [0.3, 0.4) is 0 Å². The Morgan fingerprint density at radius 2 is 2.00 bits per heavy atom. The molecule has 0 saturated heterocycles. The zero-order chi connectivity index (χ0) is 18.8. The normalized spacial score (nSPS) is 17.6. The Balaban J connectivity index is 2.03. The van der Waals surface area contributed by atoms with Gasteiger partial charge in [-0.3, -0.25) is 0 Å². The molecule has 26 heavy (non-hydrogen) atoms. The fourth-order valence-corrected chi connectivity index (χ4v) is 2.46. The summed E-state index contributed by atoms with van der Waals surface area (Å²) >= 11 is 0. The van der Waals surface area contributed by atoms with Crippen molar-refractivity contribution in [3.8, 4) is 0 Å². The summed E-state index contributed by atoms with van der Waals surface area (Å²) < 4.78 is 21.7. The molecule has 1 aliphatic rings. The molecule has 0 spiro atoms. The van der Waals surface area contributed by atoms with Gasteiger partial charge in [-0.1, -0.05) is 12.1 Å². The highest BCUT2D eigenvalue weighted by Crippen LogP contribution is 2.24. The van der Waals surface area contributed by atoms with Gasteiger partial charge in [-0.2, -0.15) is 0 Å². The molecule has 0 aliphatic carbocycles. The van der Waals surface area contributed by atoms with Gasteiger partial charge in [0.25, 0.3) is 6.29 Å². The molecular weight excluding hydrogens is 342 g/mol. The van der Waals surface area contributed by atoms with Gasteiger partial charge in [0, 0.05) is 11.1 Å². The summed E-state index contributed by atoms with van der Waals surface area (Å²) in [7, 11) is 0. The summed E-state index contributed by atoms with van der Waals surface area (Å²) in [5.41, 5.74) is 1.53. The third-order valence-corrected chi connectivity index (χ3v) is 3.98. The third-order valence-electron chi connectivity index (χ3n) is 3.98. The molecule has 1 aliphatic heterocycles. The zero-order valence-electron chi connectivity index (χ0n) is 14.5. The highest BCUT2D eigenvalue weighted by molar-refractivity contribution is 6.11. The fraction of sp³-hybridized carbons (Fsp3) is 0.278. The molecule has 0 bridgehead atoms. The zero-order valence-corrected chi connectivity index (χ0v) is 14.5. The Kier molecular flexibility index (Phi) is 4.66. The topological polar surface area (TPSA) is 97.0 Å². The Labute approximate surface area is 148 Å². The van der Waals surface area contributed by atoms with E-state index in [1.54, 1.807) is 45.0 Å². The van der Waals surface area contributed by atoms with Crippen LogP contribution in [0.25, 0.3) is 16.8 Å². The first-order valence-electron chi connectivity index (χ1n) is 7.96. The Morgan fingerprint density at radius 3 is 2.65 bits per heavy atom. The Bertz CT molecular complexity index is 992. The van der Waals surface area contributed by atoms with Gasteiger partial charge in [0.05, 0.1) is 12.1 Å². The lowest BCUT2D eigenvalue weighted by atomic mass is 10.2. The highest BCUT2D eigenvalue weighted by Gasteiger charge is 2.30. The summed E-state index contributed by atoms with van der Waals surface area (Å²) in [6.45, 7) is 5.05. The number of aromatic nitrogens is 1. The van der Waals surface area contributed by atoms with E-state index in [0.717, 1.165) is 10.8 Å². The SMILES string of the molecule is CCOC(=O)/C(=C/OC1OC(=O)C(C)=C1C)n1c(=O)oc2ccccc21. The monoisotopic (exact) mass is 359 g/mol. The average Bonchev–Trinajstić information content (AvgIpc) is 3.07. The average molecular weight is 359 g/mol. The molecule has 1 aromatic carbocycles. The van der Waals surface area contributed by atoms with E-state index < -0.39 is 24.0 Å². The quantitative estimate of drug-likeness (QED) is 0.458. The van der Waals surface area contributed by atoms with Crippen LogP contribution in [0.15, 0.2) is 50.9 Å². The summed E-state index contributed by atoms with van der Waals surface area (Å²) in [5, 5.41) is 0. The van der Waals surface area contributed by atoms with Crippen molar-refractivity contribution in [2.24, 2.45) is 0 Å². The lowest BCUT2D eigenvalue weighted by Gasteiger charge is -2.13. The molecule has 1 aromatic heterocycles. The van der Waals surface area contributed by atoms with Crippen molar-refractivity contribution in [1.29, 1.82) is 0 Å². The summed E-state index contributed by atoms with van der Waals surface area (Å²) in [6.07, 6.45) is 0.0716. The smallest absolute Gasteiger partial charge is 0.424 e. The molecule has 3 rings (SSSR count). The van der Waals surface area contributed by atoms with Crippen molar-refractivity contribution in [2.75, 3.05) is 6.61 Å². The van der Waals surface area contributed by atoms with E-state index >= 15 is 0 Å². The molecule has 2 heterocycles. The van der Waals surface area contributed by atoms with Crippen LogP contribution in [-0.2, 0) is 23.8 Å². The number of fused-ring (bicyclic) bond motifs is 1. The first-order chi connectivity index (χ1) is 12.4. The van der Waals surface area contributed by atoms with E-state index in [2.05, 4.69) is 0 Å². The molecule has 8 nitrogen and oxygen atoms in total. The lowest BCUT2D eigenvalue weighted by molar-refractivity contribution is -0.152. The van der Waals surface area contributed by atoms with E-state index in [0.29, 0.717) is 22.2 Å². The van der Waals surface area contributed by atoms with Crippen LogP contribution in [0, 0.1) is 0 Å². The number of rotatable bonds is 5. The molecule has 1 atom stereocenters. The lowest BCUT2D eigenvalue weighted by Crippen LogP contribution is -2.22. The largest absolute Gasteiger partial charge is 0.461 e. The van der Waals surface area contributed by atoms with Crippen LogP contribution in [0.4, 0.5) is 0 Å². The molecule has 136 valence electrons. The van der Waals surface area contributed by atoms with Crippen LogP contribution in [0.1, 0.15) is 20.8 Å². The van der Waals surface area contributed by atoms with Gasteiger partial charge in [-0.15, -0.1) is 0 Å². The van der Waals surface area contributed by atoms with Crippen molar-refractivity contribution < 1.29 is 28.2 Å². The number of carbonyl (C=O) groups excluding carboxylic acids is 2. The van der Waals surface area contributed by atoms with Gasteiger partial charge >= 0.3 is 17.7 Å². The van der Waals surface area contributed by atoms with Crippen molar-refractivity contribution in [2.45, 2.75) is 27.1 Å². The van der Waals surface area contributed by atoms with Crippen molar-refractivity contribution >= 4 is 28.7 Å². The van der Waals surface area contributed by atoms with E-state index in [9.17, 15) is 14.4 Å². The second-order valence-electron chi connectivity index (χ2n) is 5.58. The number of benzene rings is 1. The van der Waals surface area contributed by atoms with Crippen LogP contribution in [0.2, 0.25) is 0 Å². The molecule has 0 radical (unpaired) electrons. The number of hydrogen-bond acceptors (Lipinski definition) is 7. The van der Waals surface area contributed by atoms with E-state index in [-0.39, 0.29) is 12.3 Å². The number of hydrogen-bond donors (Lipinski definition) is 0. The number of carbonyl (C=O) groups is 2. The van der Waals surface area contributed by atoms with Crippen LogP contribution in [0.5, 0.6) is 0 Å². The number of oxazole rings is 1. The van der Waals surface area contributed by atoms with Crippen molar-refractivity contribution in [3.05, 3.63) is 52.2 Å². The number of cyclic esters (lactones) is 1. The molecular formula is C18H17NO7. The number of nitrogens with zero attached hydrogens (tertiary/aromatic N) is 1. The molecule has 8 heteroatoms. The molecule has 2 aromatic rings. The number of ether oxygens (including phenoxy) is 3. The standard InChI is InChI=1S/C18H17NO7/c1-4-23-16(21)13(9-24-17-11(3)10(2)15(20)26-17)19-12-7-5-6-8-14(12)25-18(19)22/h5-9,17H,4H2,1-3H3/b13-9-. The van der Waals surface area contributed by atoms with Gasteiger partial charge in [0.15, 0.2) is 11.3 Å². The van der Waals surface area contributed by atoms with E-state index in [1.165, 1.54) is 0 Å². The van der Waals surface area contributed by atoms with Gasteiger partial charge < -0.3 is 18.6 Å². The summed E-state index contributed by atoms with van der Waals surface area (Å²) in [5.74, 6) is -2.03. The summed E-state index contributed by atoms with van der Waals surface area (Å²) in [4.78, 5) is 36.2. The van der Waals surface area contributed by atoms with Gasteiger partial charge in [-0.25, -0.2) is 19.0 Å². The first-order valence-corrected chi connectivity index (χ1v) is 7.96. The van der Waals surface area contributed by atoms with Gasteiger partial charge in [0.2, 0.25) is 0 Å². The van der Waals surface area contributed by atoms with Crippen LogP contribution >= 0.6 is 0 Å². The minimum atomic E-state index is -0.971. The Morgan fingerprint density at radius 1 is 1.27 bits per heavy atom. The maximum atomic E-state index is 12.4. The molecule has 0 saturated carbocycles. The second-order valence-corrected chi connectivity index (χ2v) is 5.58. The Hall–Kier alpha value is -3.29. The predicted molar refractivity (Wildman–Crippen MR) is 90.7 cm³/mol. The number of para-hydroxylation sites is 2. The molecule has 0 amide bonds. The minimum Gasteiger partial charge on any atom is -0.461 e. The molecule has 0 N–H and O–H groups in total. The van der Waals surface area contributed by atoms with E-state index in [4.69, 9.17) is 18.6 Å². The van der Waals surface area contributed by atoms with Crippen molar-refractivity contribution in [3.63, 3.8) is 0 Å². The second kappa shape index (κ2) is 6.91. The third kappa shape index (κ3) is 3.01. The van der Waals surface area contributed by atoms with Crippen LogP contribution in [-0.4, -0.2) is 29.4 Å².